The minimum Gasteiger partial charge on any atom is -0.301 e. The third-order valence-corrected chi connectivity index (χ3v) is 5.08. The molecule has 0 aliphatic rings. The van der Waals surface area contributed by atoms with Gasteiger partial charge in [-0.05, 0) is 31.9 Å². The molecule has 0 N–H and O–H groups in total. The Morgan fingerprint density at radius 1 is 1.04 bits per heavy atom. The van der Waals surface area contributed by atoms with Gasteiger partial charge in [0.2, 0.25) is 0 Å². The molecule has 2 aromatic rings. The second-order valence-corrected chi connectivity index (χ2v) is 7.18. The SMILES string of the molecule is Cc1ccc(S(=O)(=O)OCCCc2cc(=O)n(C)c(=O)n2C)cc1. The van der Waals surface area contributed by atoms with Crippen LogP contribution in [0.3, 0.4) is 0 Å². The maximum Gasteiger partial charge on any atom is 0.330 e. The third kappa shape index (κ3) is 4.01. The molecule has 0 saturated heterocycles. The molecule has 0 saturated carbocycles. The largest absolute Gasteiger partial charge is 0.330 e. The van der Waals surface area contributed by atoms with Gasteiger partial charge in [0.05, 0.1) is 11.5 Å². The second kappa shape index (κ2) is 7.14. The first-order valence-corrected chi connectivity index (χ1v) is 8.85. The van der Waals surface area contributed by atoms with Gasteiger partial charge < -0.3 is 4.57 Å². The number of aryl methyl sites for hydroxylation is 2. The molecule has 7 nitrogen and oxygen atoms in total. The second-order valence-electron chi connectivity index (χ2n) is 5.57. The van der Waals surface area contributed by atoms with Crippen molar-refractivity contribution in [2.75, 3.05) is 6.61 Å². The zero-order valence-corrected chi connectivity index (χ0v) is 14.7. The van der Waals surface area contributed by atoms with E-state index in [1.807, 2.05) is 6.92 Å². The summed E-state index contributed by atoms with van der Waals surface area (Å²) in [4.78, 5) is 23.6. The van der Waals surface area contributed by atoms with Crippen LogP contribution in [0.15, 0.2) is 44.8 Å². The summed E-state index contributed by atoms with van der Waals surface area (Å²) in [6.45, 7) is 1.84. The zero-order chi connectivity index (χ0) is 17.9. The van der Waals surface area contributed by atoms with Gasteiger partial charge in [-0.1, -0.05) is 17.7 Å². The van der Waals surface area contributed by atoms with Crippen LogP contribution in [0, 0.1) is 6.92 Å². The van der Waals surface area contributed by atoms with Crippen LogP contribution in [0.25, 0.3) is 0 Å². The summed E-state index contributed by atoms with van der Waals surface area (Å²) >= 11 is 0. The fourth-order valence-electron chi connectivity index (χ4n) is 2.21. The Labute approximate surface area is 140 Å². The molecule has 1 aromatic heterocycles. The molecule has 24 heavy (non-hydrogen) atoms. The molecule has 0 atom stereocenters. The van der Waals surface area contributed by atoms with E-state index in [-0.39, 0.29) is 17.1 Å². The average Bonchev–Trinajstić information content (AvgIpc) is 2.54. The van der Waals surface area contributed by atoms with Crippen LogP contribution in [-0.4, -0.2) is 24.2 Å². The molecule has 0 radical (unpaired) electrons. The van der Waals surface area contributed by atoms with Crippen molar-refractivity contribution in [3.05, 3.63) is 62.4 Å². The predicted molar refractivity (Wildman–Crippen MR) is 89.6 cm³/mol. The Bertz CT molecular complexity index is 940. The minimum atomic E-state index is -3.80. The first kappa shape index (κ1) is 18.2. The van der Waals surface area contributed by atoms with E-state index in [1.165, 1.54) is 29.8 Å². The van der Waals surface area contributed by atoms with Gasteiger partial charge in [0.15, 0.2) is 0 Å². The van der Waals surface area contributed by atoms with Crippen LogP contribution < -0.4 is 11.2 Å². The van der Waals surface area contributed by atoms with Crippen LogP contribution in [-0.2, 0) is 34.8 Å². The monoisotopic (exact) mass is 352 g/mol. The van der Waals surface area contributed by atoms with Gasteiger partial charge >= 0.3 is 5.69 Å². The lowest BCUT2D eigenvalue weighted by molar-refractivity contribution is 0.311. The van der Waals surface area contributed by atoms with Gasteiger partial charge in [0.25, 0.3) is 15.7 Å². The number of nitrogens with zero attached hydrogens (tertiary/aromatic N) is 2. The maximum atomic E-state index is 12.0. The molecular weight excluding hydrogens is 332 g/mol. The van der Waals surface area contributed by atoms with Gasteiger partial charge in [0.1, 0.15) is 0 Å². The van der Waals surface area contributed by atoms with Crippen molar-refractivity contribution in [3.8, 4) is 0 Å². The molecule has 2 rings (SSSR count). The molecule has 1 aromatic carbocycles. The quantitative estimate of drug-likeness (QED) is 0.565. The van der Waals surface area contributed by atoms with E-state index in [0.29, 0.717) is 18.5 Å². The summed E-state index contributed by atoms with van der Waals surface area (Å²) in [5.74, 6) is 0. The molecule has 0 aliphatic heterocycles. The van der Waals surface area contributed by atoms with Crippen molar-refractivity contribution in [1.82, 2.24) is 9.13 Å². The van der Waals surface area contributed by atoms with Crippen molar-refractivity contribution >= 4 is 10.1 Å². The van der Waals surface area contributed by atoms with Crippen molar-refractivity contribution < 1.29 is 12.6 Å². The average molecular weight is 352 g/mol. The fraction of sp³-hybridized carbons (Fsp3) is 0.375. The van der Waals surface area contributed by atoms with E-state index < -0.39 is 15.8 Å². The number of benzene rings is 1. The molecule has 0 unspecified atom stereocenters. The van der Waals surface area contributed by atoms with Crippen LogP contribution in [0.4, 0.5) is 0 Å². The maximum absolute atomic E-state index is 12.0. The summed E-state index contributed by atoms with van der Waals surface area (Å²) in [7, 11) is -0.820. The molecular formula is C16H20N2O5S. The standard InChI is InChI=1S/C16H20N2O5S/c1-12-6-8-14(9-7-12)24(21,22)23-10-4-5-13-11-15(19)18(3)16(20)17(13)2/h6-9,11H,4-5,10H2,1-3H3. The Morgan fingerprint density at radius 2 is 1.67 bits per heavy atom. The molecule has 1 heterocycles. The van der Waals surface area contributed by atoms with E-state index in [2.05, 4.69) is 0 Å². The molecule has 0 spiro atoms. The molecule has 0 aliphatic carbocycles. The third-order valence-electron chi connectivity index (χ3n) is 3.75. The Balaban J connectivity index is 1.99. The van der Waals surface area contributed by atoms with Gasteiger partial charge in [-0.3, -0.25) is 13.5 Å². The van der Waals surface area contributed by atoms with Crippen LogP contribution in [0.1, 0.15) is 17.7 Å². The van der Waals surface area contributed by atoms with Crippen LogP contribution in [0.5, 0.6) is 0 Å². The summed E-state index contributed by atoms with van der Waals surface area (Å²) in [6, 6.07) is 7.76. The Kier molecular flexibility index (Phi) is 5.40. The topological polar surface area (TPSA) is 87.4 Å². The van der Waals surface area contributed by atoms with E-state index in [0.717, 1.165) is 10.1 Å². The molecule has 0 bridgehead atoms. The Morgan fingerprint density at radius 3 is 2.29 bits per heavy atom. The van der Waals surface area contributed by atoms with E-state index in [4.69, 9.17) is 4.18 Å². The molecule has 130 valence electrons. The van der Waals surface area contributed by atoms with Gasteiger partial charge in [0, 0.05) is 25.9 Å². The van der Waals surface area contributed by atoms with E-state index >= 15 is 0 Å². The number of hydrogen-bond acceptors (Lipinski definition) is 5. The summed E-state index contributed by atoms with van der Waals surface area (Å²) in [5.41, 5.74) is 0.701. The lowest BCUT2D eigenvalue weighted by Gasteiger charge is -2.09. The van der Waals surface area contributed by atoms with Gasteiger partial charge in [-0.2, -0.15) is 8.42 Å². The van der Waals surface area contributed by atoms with Crippen molar-refractivity contribution in [1.29, 1.82) is 0 Å². The number of aromatic nitrogens is 2. The number of rotatable bonds is 6. The smallest absolute Gasteiger partial charge is 0.301 e. The van der Waals surface area contributed by atoms with Crippen molar-refractivity contribution in [2.24, 2.45) is 14.1 Å². The van der Waals surface area contributed by atoms with E-state index in [9.17, 15) is 18.0 Å². The van der Waals surface area contributed by atoms with E-state index in [1.54, 1.807) is 19.2 Å². The summed E-state index contributed by atoms with van der Waals surface area (Å²) < 4.78 is 31.5. The predicted octanol–water partition coefficient (Wildman–Crippen LogP) is 0.731. The van der Waals surface area contributed by atoms with Crippen molar-refractivity contribution in [3.63, 3.8) is 0 Å². The molecule has 8 heteroatoms. The molecule has 0 amide bonds. The van der Waals surface area contributed by atoms with Crippen LogP contribution >= 0.6 is 0 Å². The highest BCUT2D eigenvalue weighted by atomic mass is 32.2. The normalized spacial score (nSPS) is 11.6. The van der Waals surface area contributed by atoms with Crippen LogP contribution in [0.2, 0.25) is 0 Å². The zero-order valence-electron chi connectivity index (χ0n) is 13.9. The highest BCUT2D eigenvalue weighted by molar-refractivity contribution is 7.86. The molecule has 0 fully saturated rings. The lowest BCUT2D eigenvalue weighted by atomic mass is 10.2. The summed E-state index contributed by atoms with van der Waals surface area (Å²) in [5, 5.41) is 0. The van der Waals surface area contributed by atoms with Crippen molar-refractivity contribution in [2.45, 2.75) is 24.7 Å². The minimum absolute atomic E-state index is 0.0282. The lowest BCUT2D eigenvalue weighted by Crippen LogP contribution is -2.38. The van der Waals surface area contributed by atoms with Gasteiger partial charge in [-0.25, -0.2) is 4.79 Å². The number of hydrogen-bond donors (Lipinski definition) is 0. The first-order valence-electron chi connectivity index (χ1n) is 7.44. The Hall–Kier alpha value is -2.19. The van der Waals surface area contributed by atoms with Gasteiger partial charge in [-0.15, -0.1) is 0 Å². The fourth-order valence-corrected chi connectivity index (χ4v) is 3.16. The highest BCUT2D eigenvalue weighted by Crippen LogP contribution is 2.13. The summed E-state index contributed by atoms with van der Waals surface area (Å²) in [6.07, 6.45) is 0.733. The first-order chi connectivity index (χ1) is 11.2. The highest BCUT2D eigenvalue weighted by Gasteiger charge is 2.14.